The van der Waals surface area contributed by atoms with Gasteiger partial charge in [0.05, 0.1) is 17.3 Å². The summed E-state index contributed by atoms with van der Waals surface area (Å²) in [6, 6.07) is 2.66. The minimum atomic E-state index is -0.773. The van der Waals surface area contributed by atoms with Crippen LogP contribution in [0.25, 0.3) is 10.9 Å². The van der Waals surface area contributed by atoms with Crippen LogP contribution in [0.4, 0.5) is 4.39 Å². The molecule has 2 rings (SSSR count). The Bertz CT molecular complexity index is 518. The molecule has 0 aliphatic rings. The lowest BCUT2D eigenvalue weighted by Crippen LogP contribution is -2.13. The van der Waals surface area contributed by atoms with E-state index in [2.05, 4.69) is 5.10 Å². The van der Waals surface area contributed by atoms with Crippen molar-refractivity contribution in [2.45, 2.75) is 0 Å². The van der Waals surface area contributed by atoms with Gasteiger partial charge in [0.2, 0.25) is 0 Å². The van der Waals surface area contributed by atoms with E-state index < -0.39 is 11.7 Å². The first kappa shape index (κ1) is 8.68. The number of halogens is 1. The lowest BCUT2D eigenvalue weighted by Gasteiger charge is -1.99. The summed E-state index contributed by atoms with van der Waals surface area (Å²) in [4.78, 5) is 10.9. The Balaban J connectivity index is 2.80. The molecule has 0 saturated heterocycles. The number of nitrogens with two attached hydrogens (primary N) is 1. The van der Waals surface area contributed by atoms with Gasteiger partial charge in [0.25, 0.3) is 5.91 Å². The normalized spacial score (nSPS) is 10.7. The molecule has 0 radical (unpaired) electrons. The number of hydrogen-bond acceptors (Lipinski definition) is 2. The van der Waals surface area contributed by atoms with Crippen LogP contribution in [0.1, 0.15) is 10.4 Å². The molecule has 4 nitrogen and oxygen atoms in total. The van der Waals surface area contributed by atoms with Gasteiger partial charge in [0.1, 0.15) is 5.82 Å². The van der Waals surface area contributed by atoms with Crippen molar-refractivity contribution in [1.82, 2.24) is 9.78 Å². The fourth-order valence-corrected chi connectivity index (χ4v) is 1.36. The molecule has 0 aliphatic heterocycles. The molecule has 2 N–H and O–H groups in total. The summed E-state index contributed by atoms with van der Waals surface area (Å²) in [7, 11) is 1.71. The molecule has 1 amide bonds. The summed E-state index contributed by atoms with van der Waals surface area (Å²) in [6.07, 6.45) is 1.53. The van der Waals surface area contributed by atoms with E-state index in [4.69, 9.17) is 5.73 Å². The first-order valence-corrected chi connectivity index (χ1v) is 4.00. The molecule has 0 aliphatic carbocycles. The maximum absolute atomic E-state index is 13.2. The minimum absolute atomic E-state index is 0.110. The summed E-state index contributed by atoms with van der Waals surface area (Å²) >= 11 is 0. The first-order chi connectivity index (χ1) is 6.59. The highest BCUT2D eigenvalue weighted by atomic mass is 19.1. The third-order valence-electron chi connectivity index (χ3n) is 2.10. The number of benzene rings is 1. The summed E-state index contributed by atoms with van der Waals surface area (Å²) in [5, 5.41) is 4.58. The summed E-state index contributed by atoms with van der Waals surface area (Å²) in [6.45, 7) is 0. The van der Waals surface area contributed by atoms with Gasteiger partial charge in [-0.25, -0.2) is 4.39 Å². The van der Waals surface area contributed by atoms with Crippen molar-refractivity contribution in [3.8, 4) is 0 Å². The van der Waals surface area contributed by atoms with Crippen LogP contribution < -0.4 is 5.73 Å². The zero-order chi connectivity index (χ0) is 10.3. The second-order valence-corrected chi connectivity index (χ2v) is 3.02. The second-order valence-electron chi connectivity index (χ2n) is 3.02. The average molecular weight is 193 g/mol. The van der Waals surface area contributed by atoms with E-state index in [0.29, 0.717) is 10.9 Å². The van der Waals surface area contributed by atoms with Gasteiger partial charge in [-0.2, -0.15) is 5.10 Å². The van der Waals surface area contributed by atoms with Crippen molar-refractivity contribution in [2.24, 2.45) is 12.8 Å². The first-order valence-electron chi connectivity index (χ1n) is 4.00. The molecule has 1 heterocycles. The van der Waals surface area contributed by atoms with Crippen LogP contribution in [0.5, 0.6) is 0 Å². The third kappa shape index (κ3) is 1.14. The van der Waals surface area contributed by atoms with E-state index >= 15 is 0 Å². The Kier molecular flexibility index (Phi) is 1.73. The highest BCUT2D eigenvalue weighted by Gasteiger charge is 2.11. The largest absolute Gasteiger partial charge is 0.366 e. The zero-order valence-corrected chi connectivity index (χ0v) is 7.49. The number of nitrogens with zero attached hydrogens (tertiary/aromatic N) is 2. The number of primary amides is 1. The number of fused-ring (bicyclic) bond motifs is 1. The maximum Gasteiger partial charge on any atom is 0.251 e. The molecule has 5 heteroatoms. The molecule has 0 saturated carbocycles. The number of hydrogen-bond donors (Lipinski definition) is 1. The monoisotopic (exact) mass is 193 g/mol. The second kappa shape index (κ2) is 2.80. The molecular weight excluding hydrogens is 185 g/mol. The van der Waals surface area contributed by atoms with Crippen LogP contribution in [0.15, 0.2) is 18.3 Å². The van der Waals surface area contributed by atoms with Crippen LogP contribution in [-0.4, -0.2) is 15.7 Å². The van der Waals surface area contributed by atoms with Gasteiger partial charge >= 0.3 is 0 Å². The zero-order valence-electron chi connectivity index (χ0n) is 7.49. The van der Waals surface area contributed by atoms with Crippen LogP contribution in [0.3, 0.4) is 0 Å². The standard InChI is InChI=1S/C9H8FN3O/c1-13-8-3-6(9(11)14)7(10)2-5(8)4-12-13/h2-4H,1H3,(H2,11,14). The number of amides is 1. The molecule has 0 fully saturated rings. The highest BCUT2D eigenvalue weighted by molar-refractivity contribution is 5.97. The Hall–Kier alpha value is -1.91. The Morgan fingerprint density at radius 1 is 1.57 bits per heavy atom. The topological polar surface area (TPSA) is 60.9 Å². The number of rotatable bonds is 1. The van der Waals surface area contributed by atoms with E-state index in [1.807, 2.05) is 0 Å². The fraction of sp³-hybridized carbons (Fsp3) is 0.111. The average Bonchev–Trinajstić information content (AvgIpc) is 2.46. The van der Waals surface area contributed by atoms with E-state index in [0.717, 1.165) is 0 Å². The quantitative estimate of drug-likeness (QED) is 0.728. The lowest BCUT2D eigenvalue weighted by atomic mass is 10.1. The summed E-state index contributed by atoms with van der Waals surface area (Å²) < 4.78 is 14.8. The number of aromatic nitrogens is 2. The van der Waals surface area contributed by atoms with Gasteiger partial charge in [-0.15, -0.1) is 0 Å². The molecule has 0 atom stereocenters. The molecule has 1 aromatic carbocycles. The Labute approximate surface area is 79.1 Å². The van der Waals surface area contributed by atoms with E-state index in [1.54, 1.807) is 11.7 Å². The number of aryl methyl sites for hydroxylation is 1. The fourth-order valence-electron chi connectivity index (χ4n) is 1.36. The van der Waals surface area contributed by atoms with Crippen LogP contribution in [0.2, 0.25) is 0 Å². The van der Waals surface area contributed by atoms with Gasteiger partial charge in [-0.05, 0) is 12.1 Å². The predicted molar refractivity (Wildman–Crippen MR) is 49.2 cm³/mol. The molecule has 1 aromatic heterocycles. The number of carbonyl (C=O) groups excluding carboxylic acids is 1. The SMILES string of the molecule is Cn1ncc2cc(F)c(C(N)=O)cc21. The summed E-state index contributed by atoms with van der Waals surface area (Å²) in [5.41, 5.74) is 5.59. The van der Waals surface area contributed by atoms with Gasteiger partial charge in [-0.3, -0.25) is 9.48 Å². The van der Waals surface area contributed by atoms with Gasteiger partial charge in [-0.1, -0.05) is 0 Å². The smallest absolute Gasteiger partial charge is 0.251 e. The third-order valence-corrected chi connectivity index (χ3v) is 2.10. The van der Waals surface area contributed by atoms with Crippen molar-refractivity contribution in [1.29, 1.82) is 0 Å². The lowest BCUT2D eigenvalue weighted by molar-refractivity contribution is 0.0996. The summed E-state index contributed by atoms with van der Waals surface area (Å²) in [5.74, 6) is -1.39. The van der Waals surface area contributed by atoms with Gasteiger partial charge < -0.3 is 5.73 Å². The molecular formula is C9H8FN3O. The molecule has 2 aromatic rings. The van der Waals surface area contributed by atoms with E-state index in [9.17, 15) is 9.18 Å². The van der Waals surface area contributed by atoms with Crippen molar-refractivity contribution in [3.63, 3.8) is 0 Å². The van der Waals surface area contributed by atoms with Crippen molar-refractivity contribution in [2.75, 3.05) is 0 Å². The number of carbonyl (C=O) groups is 1. The van der Waals surface area contributed by atoms with Crippen molar-refractivity contribution in [3.05, 3.63) is 29.7 Å². The van der Waals surface area contributed by atoms with Crippen LogP contribution >= 0.6 is 0 Å². The van der Waals surface area contributed by atoms with Crippen LogP contribution in [0, 0.1) is 5.82 Å². The highest BCUT2D eigenvalue weighted by Crippen LogP contribution is 2.17. The molecule has 0 unspecified atom stereocenters. The molecule has 0 bridgehead atoms. The Morgan fingerprint density at radius 2 is 2.29 bits per heavy atom. The van der Waals surface area contributed by atoms with E-state index in [1.165, 1.54) is 18.3 Å². The van der Waals surface area contributed by atoms with Crippen LogP contribution in [-0.2, 0) is 7.05 Å². The predicted octanol–water partition coefficient (Wildman–Crippen LogP) is 0.811. The van der Waals surface area contributed by atoms with Gasteiger partial charge in [0.15, 0.2) is 0 Å². The maximum atomic E-state index is 13.2. The molecule has 14 heavy (non-hydrogen) atoms. The van der Waals surface area contributed by atoms with Gasteiger partial charge in [0, 0.05) is 12.4 Å². The van der Waals surface area contributed by atoms with E-state index in [-0.39, 0.29) is 5.56 Å². The Morgan fingerprint density at radius 3 is 2.93 bits per heavy atom. The molecule has 72 valence electrons. The van der Waals surface area contributed by atoms with Crippen molar-refractivity contribution < 1.29 is 9.18 Å². The molecule has 0 spiro atoms. The minimum Gasteiger partial charge on any atom is -0.366 e. The van der Waals surface area contributed by atoms with Crippen molar-refractivity contribution >= 4 is 16.8 Å².